The molecule has 0 unspecified atom stereocenters. The van der Waals surface area contributed by atoms with E-state index in [0.29, 0.717) is 16.7 Å². The largest absolute Gasteiger partial charge is 0.501 e. The van der Waals surface area contributed by atoms with Gasteiger partial charge in [-0.05, 0) is 64.6 Å². The number of fused-ring (bicyclic) bond motifs is 4. The molecule has 0 spiro atoms. The standard InChI is InChI=1S/C23H16NO.C17H22NSi.Ir/c1-14-10-21(24-13-15(14)2)19-9-5-8-18-20-11-16-6-3-4-7-17(16)12-22(20)25-23(18)19;1-13(2)15-11-16(14-9-7-6-8-10-14)18-12-17(15)19(3,4)5;/h3-8,10-13H,1-2H3;6-9,11-13H,1-5H3;/q2*-1;/i1D3,2D3,13D;13D;. The number of hydrogen-bond acceptors (Lipinski definition) is 3. The molecule has 229 valence electrons. The smallest absolute Gasteiger partial charge is 0.121 e. The number of pyridine rings is 2. The second-order valence-corrected chi connectivity index (χ2v) is 17.1. The minimum Gasteiger partial charge on any atom is -0.501 e. The Morgan fingerprint density at radius 2 is 1.58 bits per heavy atom. The first-order valence-electron chi connectivity index (χ1n) is 18.5. The molecule has 0 fully saturated rings. The van der Waals surface area contributed by atoms with Crippen LogP contribution >= 0.6 is 0 Å². The molecule has 0 saturated carbocycles. The van der Waals surface area contributed by atoms with Crippen LogP contribution in [0.1, 0.15) is 47.4 Å². The minimum atomic E-state index is -2.78. The SMILES string of the molecule is [2H]C(C)(C)c1cc(-c2[c-]cccc2)ncc1[Si](C)(C)C.[2H]c1nc(-c2[c-]ccc3c2oc2cc4ccccc4cc23)cc(C([2H])([2H])[2H])c1C([2H])([2H])[2H].[Ir]. The summed E-state index contributed by atoms with van der Waals surface area (Å²) < 4.78 is 69.3. The van der Waals surface area contributed by atoms with Gasteiger partial charge < -0.3 is 14.4 Å². The predicted octanol–water partition coefficient (Wildman–Crippen LogP) is 10.4. The van der Waals surface area contributed by atoms with Gasteiger partial charge in [-0.25, -0.2) is 0 Å². The van der Waals surface area contributed by atoms with Gasteiger partial charge in [-0.2, -0.15) is 0 Å². The van der Waals surface area contributed by atoms with E-state index in [0.717, 1.165) is 38.4 Å². The maximum absolute atomic E-state index is 8.44. The number of benzene rings is 4. The predicted molar refractivity (Wildman–Crippen MR) is 188 cm³/mol. The van der Waals surface area contributed by atoms with Gasteiger partial charge in [-0.3, -0.25) is 0 Å². The molecule has 0 N–H and O–H groups in total. The van der Waals surface area contributed by atoms with Crippen molar-refractivity contribution in [3.05, 3.63) is 126 Å². The zero-order valence-electron chi connectivity index (χ0n) is 33.8. The van der Waals surface area contributed by atoms with Gasteiger partial charge >= 0.3 is 0 Å². The van der Waals surface area contributed by atoms with E-state index in [9.17, 15) is 0 Å². The molecule has 0 bridgehead atoms. The number of aromatic nitrogens is 2. The second kappa shape index (κ2) is 13.2. The zero-order chi connectivity index (χ0) is 37.8. The van der Waals surface area contributed by atoms with Crippen LogP contribution in [0.3, 0.4) is 0 Å². The molecule has 3 aromatic heterocycles. The fraction of sp³-hybridized carbons (Fsp3) is 0.200. The van der Waals surface area contributed by atoms with Crippen LogP contribution in [-0.2, 0) is 20.1 Å². The molecule has 0 aliphatic rings. The number of nitrogens with zero attached hydrogens (tertiary/aromatic N) is 2. The van der Waals surface area contributed by atoms with Crippen molar-refractivity contribution >= 4 is 46.0 Å². The third-order valence-corrected chi connectivity index (χ3v) is 9.64. The molecule has 45 heavy (non-hydrogen) atoms. The third-order valence-electron chi connectivity index (χ3n) is 7.63. The molecule has 4 aromatic carbocycles. The van der Waals surface area contributed by atoms with Gasteiger partial charge in [0.15, 0.2) is 0 Å². The third kappa shape index (κ3) is 6.72. The Morgan fingerprint density at radius 1 is 0.822 bits per heavy atom. The van der Waals surface area contributed by atoms with Gasteiger partial charge in [0, 0.05) is 47.5 Å². The maximum Gasteiger partial charge on any atom is 0.121 e. The summed E-state index contributed by atoms with van der Waals surface area (Å²) in [5.41, 5.74) is 3.61. The van der Waals surface area contributed by atoms with Gasteiger partial charge in [0.25, 0.3) is 0 Å². The van der Waals surface area contributed by atoms with Crippen LogP contribution in [-0.4, -0.2) is 18.0 Å². The molecular formula is C40H38IrN2OSi-2. The molecule has 3 heterocycles. The van der Waals surface area contributed by atoms with Crippen LogP contribution in [0.4, 0.5) is 0 Å². The van der Waals surface area contributed by atoms with Gasteiger partial charge in [0.05, 0.1) is 15.0 Å². The molecule has 3 nitrogen and oxygen atoms in total. The summed E-state index contributed by atoms with van der Waals surface area (Å²) in [5, 5.41) is 5.02. The minimum absolute atomic E-state index is 0. The molecule has 0 amide bonds. The van der Waals surface area contributed by atoms with Gasteiger partial charge in [0.2, 0.25) is 0 Å². The summed E-state index contributed by atoms with van der Waals surface area (Å²) in [6.07, 6.45) is 1.38. The van der Waals surface area contributed by atoms with E-state index in [4.69, 9.17) is 15.4 Å². The monoisotopic (exact) mass is 791 g/mol. The second-order valence-electron chi connectivity index (χ2n) is 12.1. The van der Waals surface area contributed by atoms with E-state index in [1.807, 2.05) is 86.8 Å². The van der Waals surface area contributed by atoms with Crippen LogP contribution in [0.15, 0.2) is 102 Å². The summed E-state index contributed by atoms with van der Waals surface area (Å²) in [6, 6.07) is 32.8. The molecule has 0 aliphatic carbocycles. The van der Waals surface area contributed by atoms with Crippen LogP contribution < -0.4 is 5.19 Å². The van der Waals surface area contributed by atoms with E-state index in [1.165, 1.54) is 11.3 Å². The summed E-state index contributed by atoms with van der Waals surface area (Å²) in [7, 11) is -1.50. The van der Waals surface area contributed by atoms with E-state index < -0.39 is 45.0 Å². The van der Waals surface area contributed by atoms with Crippen molar-refractivity contribution in [2.24, 2.45) is 0 Å². The first-order chi connectivity index (χ1) is 24.2. The van der Waals surface area contributed by atoms with Crippen LogP contribution in [0.25, 0.3) is 55.2 Å². The summed E-state index contributed by atoms with van der Waals surface area (Å²) in [6.45, 7) is 5.29. The molecular weight excluding hydrogens is 745 g/mol. The average Bonchev–Trinajstić information content (AvgIpc) is 3.43. The molecule has 7 rings (SSSR count). The van der Waals surface area contributed by atoms with Crippen molar-refractivity contribution < 1.29 is 35.5 Å². The quantitative estimate of drug-likeness (QED) is 0.132. The van der Waals surface area contributed by atoms with Gasteiger partial charge in [-0.1, -0.05) is 92.0 Å². The number of furan rings is 1. The molecule has 0 atom stereocenters. The van der Waals surface area contributed by atoms with Crippen molar-refractivity contribution in [2.75, 3.05) is 0 Å². The number of rotatable bonds is 4. The summed E-state index contributed by atoms with van der Waals surface area (Å²) >= 11 is 0. The Labute approximate surface area is 292 Å². The zero-order valence-corrected chi connectivity index (χ0v) is 29.2. The van der Waals surface area contributed by atoms with Gasteiger partial charge in [-0.15, -0.1) is 54.1 Å². The molecule has 0 saturated heterocycles. The molecule has 7 aromatic rings. The van der Waals surface area contributed by atoms with E-state index in [-0.39, 0.29) is 25.8 Å². The van der Waals surface area contributed by atoms with Crippen molar-refractivity contribution in [1.29, 1.82) is 0 Å². The number of hydrogen-bond donors (Lipinski definition) is 0. The van der Waals surface area contributed by atoms with Crippen LogP contribution in [0.5, 0.6) is 0 Å². The maximum atomic E-state index is 8.44. The van der Waals surface area contributed by atoms with Crippen molar-refractivity contribution in [1.82, 2.24) is 9.97 Å². The van der Waals surface area contributed by atoms with Crippen LogP contribution in [0, 0.1) is 25.8 Å². The van der Waals surface area contributed by atoms with E-state index in [1.54, 1.807) is 6.07 Å². The fourth-order valence-corrected chi connectivity index (χ4v) is 6.91. The van der Waals surface area contributed by atoms with Gasteiger partial charge in [0.1, 0.15) is 5.58 Å². The average molecular weight is 791 g/mol. The van der Waals surface area contributed by atoms with Crippen molar-refractivity contribution in [3.63, 3.8) is 0 Å². The summed E-state index contributed by atoms with van der Waals surface area (Å²) in [5.74, 6) is -0.609. The Balaban J connectivity index is 0.000000223. The Kier molecular flexibility index (Phi) is 6.89. The summed E-state index contributed by atoms with van der Waals surface area (Å²) in [4.78, 5) is 8.73. The van der Waals surface area contributed by atoms with Crippen molar-refractivity contribution in [3.8, 4) is 22.5 Å². The number of aryl methyl sites for hydroxylation is 1. The first kappa shape index (κ1) is 23.4. The van der Waals surface area contributed by atoms with Crippen molar-refractivity contribution in [2.45, 2.75) is 53.1 Å². The topological polar surface area (TPSA) is 38.9 Å². The van der Waals surface area contributed by atoms with Crippen LogP contribution in [0.2, 0.25) is 19.6 Å². The molecule has 0 aliphatic heterocycles. The molecule has 5 heteroatoms. The Hall–Kier alpha value is -3.89. The first-order valence-corrected chi connectivity index (χ1v) is 18.0. The Morgan fingerprint density at radius 3 is 2.27 bits per heavy atom. The fourth-order valence-electron chi connectivity index (χ4n) is 5.33. The van der Waals surface area contributed by atoms with E-state index >= 15 is 0 Å². The normalized spacial score (nSPS) is 14.9. The Bertz CT molecular complexity index is 2430. The van der Waals surface area contributed by atoms with E-state index in [2.05, 4.69) is 47.8 Å². The molecule has 1 radical (unpaired) electrons.